The summed E-state index contributed by atoms with van der Waals surface area (Å²) in [6.07, 6.45) is 3.52. The molecule has 140 valence electrons. The van der Waals surface area contributed by atoms with Crippen LogP contribution in [0.3, 0.4) is 0 Å². The Balaban J connectivity index is 1.96. The van der Waals surface area contributed by atoms with E-state index >= 15 is 0 Å². The summed E-state index contributed by atoms with van der Waals surface area (Å²) in [6, 6.07) is 24.4. The van der Waals surface area contributed by atoms with E-state index in [1.165, 1.54) is 9.17 Å². The summed E-state index contributed by atoms with van der Waals surface area (Å²) in [6.45, 7) is 6.16. The Hall–Kier alpha value is -2.47. The van der Waals surface area contributed by atoms with Crippen molar-refractivity contribution in [2.24, 2.45) is 4.99 Å². The molecule has 0 aliphatic carbocycles. The molecule has 0 amide bonds. The number of hydrogen-bond donors (Lipinski definition) is 0. The second kappa shape index (κ2) is 9.64. The SMILES string of the molecule is Cc1ccc([Te]C(=Nc2c(C)cccc2C)C(=O)/C=C/c2ccccc2)cc1. The summed E-state index contributed by atoms with van der Waals surface area (Å²) in [5.74, 6) is -0.00511. The zero-order chi connectivity index (χ0) is 19.9. The monoisotopic (exact) mass is 483 g/mol. The van der Waals surface area contributed by atoms with E-state index in [1.54, 1.807) is 6.08 Å². The maximum absolute atomic E-state index is 13.0. The van der Waals surface area contributed by atoms with Crippen molar-refractivity contribution in [1.82, 2.24) is 0 Å². The number of aryl methyl sites for hydroxylation is 3. The van der Waals surface area contributed by atoms with Crippen molar-refractivity contribution in [1.29, 1.82) is 0 Å². The van der Waals surface area contributed by atoms with E-state index in [9.17, 15) is 4.79 Å². The van der Waals surface area contributed by atoms with Crippen LogP contribution in [0.1, 0.15) is 22.3 Å². The van der Waals surface area contributed by atoms with E-state index in [4.69, 9.17) is 4.99 Å². The molecule has 0 atom stereocenters. The first-order chi connectivity index (χ1) is 13.5. The van der Waals surface area contributed by atoms with Gasteiger partial charge >= 0.3 is 178 Å². The van der Waals surface area contributed by atoms with E-state index in [2.05, 4.69) is 31.2 Å². The average molecular weight is 481 g/mol. The van der Waals surface area contributed by atoms with E-state index < -0.39 is 20.9 Å². The summed E-state index contributed by atoms with van der Waals surface area (Å²) in [4.78, 5) is 17.9. The molecule has 0 fully saturated rings. The zero-order valence-corrected chi connectivity index (χ0v) is 18.7. The van der Waals surface area contributed by atoms with Gasteiger partial charge in [0.05, 0.1) is 0 Å². The molecule has 0 aromatic heterocycles. The third kappa shape index (κ3) is 5.52. The first-order valence-electron chi connectivity index (χ1n) is 9.20. The van der Waals surface area contributed by atoms with Crippen LogP contribution in [0.5, 0.6) is 0 Å². The Kier molecular flexibility index (Phi) is 6.98. The van der Waals surface area contributed by atoms with Gasteiger partial charge in [0.25, 0.3) is 0 Å². The Morgan fingerprint density at radius 2 is 1.46 bits per heavy atom. The molecule has 0 saturated carbocycles. The third-order valence-electron chi connectivity index (χ3n) is 4.33. The van der Waals surface area contributed by atoms with Crippen LogP contribution in [0, 0.1) is 20.8 Å². The van der Waals surface area contributed by atoms with Gasteiger partial charge in [-0.1, -0.05) is 0 Å². The van der Waals surface area contributed by atoms with Crippen molar-refractivity contribution in [2.45, 2.75) is 20.8 Å². The molecule has 0 heterocycles. The van der Waals surface area contributed by atoms with Crippen LogP contribution in [0.25, 0.3) is 6.08 Å². The topological polar surface area (TPSA) is 29.4 Å². The Morgan fingerprint density at radius 1 is 0.821 bits per heavy atom. The molecule has 0 aliphatic rings. The van der Waals surface area contributed by atoms with Crippen LogP contribution < -0.4 is 3.61 Å². The van der Waals surface area contributed by atoms with Crippen LogP contribution in [-0.2, 0) is 4.79 Å². The molecule has 0 spiro atoms. The van der Waals surface area contributed by atoms with Gasteiger partial charge in [-0.25, -0.2) is 0 Å². The number of aliphatic imine (C=N–C) groups is 1. The molecule has 0 N–H and O–H groups in total. The Morgan fingerprint density at radius 3 is 2.11 bits per heavy atom. The minimum atomic E-state index is -0.892. The molecule has 0 aliphatic heterocycles. The molecule has 0 radical (unpaired) electrons. The third-order valence-corrected chi connectivity index (χ3v) is 7.16. The van der Waals surface area contributed by atoms with Crippen LogP contribution in [-0.4, -0.2) is 30.5 Å². The fraction of sp³-hybridized carbons (Fsp3) is 0.120. The number of para-hydroxylation sites is 1. The van der Waals surface area contributed by atoms with Gasteiger partial charge in [-0.05, 0) is 0 Å². The summed E-state index contributed by atoms with van der Waals surface area (Å²) >= 11 is -0.892. The molecule has 0 bridgehead atoms. The normalized spacial score (nSPS) is 11.8. The molecule has 0 unspecified atom stereocenters. The Bertz CT molecular complexity index is 998. The van der Waals surface area contributed by atoms with Crippen LogP contribution in [0.15, 0.2) is 83.9 Å². The van der Waals surface area contributed by atoms with Crippen molar-refractivity contribution in [3.8, 4) is 0 Å². The molecular weight excluding hydrogens is 458 g/mol. The quantitative estimate of drug-likeness (QED) is 0.279. The number of ketones is 1. The molecule has 28 heavy (non-hydrogen) atoms. The van der Waals surface area contributed by atoms with Gasteiger partial charge in [-0.2, -0.15) is 0 Å². The number of hydrogen-bond acceptors (Lipinski definition) is 2. The fourth-order valence-electron chi connectivity index (χ4n) is 2.74. The molecule has 3 rings (SSSR count). The number of carbonyl (C=O) groups is 1. The first-order valence-corrected chi connectivity index (χ1v) is 11.5. The number of carbonyl (C=O) groups excluding carboxylic acids is 1. The van der Waals surface area contributed by atoms with E-state index in [0.717, 1.165) is 22.4 Å². The number of benzene rings is 3. The molecular formula is C25H23NOTe. The van der Waals surface area contributed by atoms with Gasteiger partial charge in [-0.15, -0.1) is 0 Å². The minimum absolute atomic E-state index is 0.00511. The molecule has 3 aromatic rings. The standard InChI is InChI=1S/C25H23NOTe/c1-18-12-15-22(16-13-18)28-25(26-24-19(2)8-7-9-20(24)3)23(27)17-14-21-10-5-4-6-11-21/h4-17H,1-3H3/b17-14+,26-25?. The second-order valence-electron chi connectivity index (χ2n) is 6.68. The average Bonchev–Trinajstić information content (AvgIpc) is 2.70. The van der Waals surface area contributed by atoms with Crippen LogP contribution >= 0.6 is 0 Å². The second-order valence-corrected chi connectivity index (χ2v) is 9.71. The van der Waals surface area contributed by atoms with Crippen LogP contribution in [0.2, 0.25) is 0 Å². The zero-order valence-electron chi connectivity index (χ0n) is 16.3. The number of nitrogens with zero attached hydrogens (tertiary/aromatic N) is 1. The van der Waals surface area contributed by atoms with Crippen molar-refractivity contribution in [3.63, 3.8) is 0 Å². The van der Waals surface area contributed by atoms with Gasteiger partial charge in [0.2, 0.25) is 0 Å². The maximum atomic E-state index is 13.0. The molecule has 0 saturated heterocycles. The van der Waals surface area contributed by atoms with Gasteiger partial charge < -0.3 is 0 Å². The fourth-order valence-corrected chi connectivity index (χ4v) is 5.02. The van der Waals surface area contributed by atoms with Crippen LogP contribution in [0.4, 0.5) is 5.69 Å². The summed E-state index contributed by atoms with van der Waals surface area (Å²) < 4.78 is 1.89. The van der Waals surface area contributed by atoms with Crippen molar-refractivity contribution >= 4 is 45.8 Å². The number of rotatable bonds is 6. The summed E-state index contributed by atoms with van der Waals surface area (Å²) in [5.41, 5.74) is 5.33. The molecule has 3 aromatic carbocycles. The van der Waals surface area contributed by atoms with E-state index in [1.807, 2.05) is 68.5 Å². The van der Waals surface area contributed by atoms with E-state index in [-0.39, 0.29) is 5.78 Å². The van der Waals surface area contributed by atoms with Crippen molar-refractivity contribution < 1.29 is 4.79 Å². The molecule has 3 heteroatoms. The van der Waals surface area contributed by atoms with Gasteiger partial charge in [0.1, 0.15) is 0 Å². The molecule has 2 nitrogen and oxygen atoms in total. The van der Waals surface area contributed by atoms with Gasteiger partial charge in [-0.3, -0.25) is 0 Å². The van der Waals surface area contributed by atoms with Gasteiger partial charge in [0, 0.05) is 0 Å². The Labute approximate surface area is 177 Å². The first kappa shape index (κ1) is 20.3. The van der Waals surface area contributed by atoms with E-state index in [0.29, 0.717) is 3.76 Å². The predicted octanol–water partition coefficient (Wildman–Crippen LogP) is 4.95. The number of allylic oxidation sites excluding steroid dienone is 1. The van der Waals surface area contributed by atoms with Crippen molar-refractivity contribution in [2.75, 3.05) is 0 Å². The predicted molar refractivity (Wildman–Crippen MR) is 120 cm³/mol. The summed E-state index contributed by atoms with van der Waals surface area (Å²) in [7, 11) is 0. The van der Waals surface area contributed by atoms with Gasteiger partial charge in [0.15, 0.2) is 0 Å². The summed E-state index contributed by atoms with van der Waals surface area (Å²) in [5, 5.41) is 0. The van der Waals surface area contributed by atoms with Crippen molar-refractivity contribution in [3.05, 3.63) is 101 Å².